The normalized spacial score (nSPS) is 12.0. The molecule has 0 saturated heterocycles. The molecule has 140 valence electrons. The molecule has 0 rings (SSSR count). The van der Waals surface area contributed by atoms with E-state index in [9.17, 15) is 0 Å². The Hall–Kier alpha value is -0.0800. The van der Waals surface area contributed by atoms with Crippen LogP contribution in [0, 0.1) is 0 Å². The highest BCUT2D eigenvalue weighted by Gasteiger charge is 2.12. The summed E-state index contributed by atoms with van der Waals surface area (Å²) in [5, 5.41) is 8.91. The molecule has 1 N–H and O–H groups in total. The van der Waals surface area contributed by atoms with Crippen LogP contribution < -0.4 is 0 Å². The van der Waals surface area contributed by atoms with Gasteiger partial charge in [0.25, 0.3) is 0 Å². The van der Waals surface area contributed by atoms with Gasteiger partial charge >= 0.3 is 0 Å². The van der Waals surface area contributed by atoms with E-state index in [0.717, 1.165) is 17.4 Å². The van der Waals surface area contributed by atoms with Gasteiger partial charge in [0, 0.05) is 13.0 Å². The first-order chi connectivity index (χ1) is 11.1. The molecule has 0 saturated carbocycles. The van der Waals surface area contributed by atoms with Crippen molar-refractivity contribution in [2.24, 2.45) is 0 Å². The Balaban J connectivity index is 3.16. The molecular formula is C21H46NO+. The Morgan fingerprint density at radius 3 is 1.26 bits per heavy atom. The summed E-state index contributed by atoms with van der Waals surface area (Å²) < 4.78 is 1.07. The van der Waals surface area contributed by atoms with Crippen molar-refractivity contribution >= 4 is 0 Å². The van der Waals surface area contributed by atoms with E-state index in [1.54, 1.807) is 0 Å². The first kappa shape index (κ1) is 22.9. The third kappa shape index (κ3) is 18.1. The molecule has 0 radical (unpaired) electrons. The molecule has 0 fully saturated rings. The Labute approximate surface area is 147 Å². The van der Waals surface area contributed by atoms with E-state index in [1.807, 2.05) is 0 Å². The van der Waals surface area contributed by atoms with Gasteiger partial charge in [0.05, 0.1) is 27.2 Å². The van der Waals surface area contributed by atoms with Crippen molar-refractivity contribution in [3.05, 3.63) is 0 Å². The number of unbranched alkanes of at least 4 members (excludes halogenated alkanes) is 13. The molecule has 0 aliphatic carbocycles. The Morgan fingerprint density at radius 1 is 0.522 bits per heavy atom. The summed E-state index contributed by atoms with van der Waals surface area (Å²) in [5.41, 5.74) is 0. The molecule has 0 aliphatic rings. The molecule has 0 aromatic carbocycles. The molecule has 0 bridgehead atoms. The lowest BCUT2D eigenvalue weighted by molar-refractivity contribution is -0.890. The van der Waals surface area contributed by atoms with Gasteiger partial charge in [-0.25, -0.2) is 0 Å². The second-order valence-electron chi connectivity index (χ2n) is 8.06. The van der Waals surface area contributed by atoms with Crippen molar-refractivity contribution < 1.29 is 9.59 Å². The van der Waals surface area contributed by atoms with Crippen LogP contribution in [0.2, 0.25) is 0 Å². The van der Waals surface area contributed by atoms with Gasteiger partial charge in [-0.3, -0.25) is 0 Å². The largest absolute Gasteiger partial charge is 0.396 e. The average molecular weight is 329 g/mol. The van der Waals surface area contributed by atoms with Crippen LogP contribution in [0.4, 0.5) is 0 Å². The quantitative estimate of drug-likeness (QED) is 0.244. The lowest BCUT2D eigenvalue weighted by Gasteiger charge is -2.29. The van der Waals surface area contributed by atoms with Crippen molar-refractivity contribution in [1.29, 1.82) is 0 Å². The number of hydrogen-bond donors (Lipinski definition) is 1. The smallest absolute Gasteiger partial charge is 0.0804 e. The van der Waals surface area contributed by atoms with Crippen LogP contribution in [0.5, 0.6) is 0 Å². The fraction of sp³-hybridized carbons (Fsp3) is 1.00. The zero-order valence-electron chi connectivity index (χ0n) is 16.6. The predicted octanol–water partition coefficient (Wildman–Crippen LogP) is 5.93. The van der Waals surface area contributed by atoms with E-state index < -0.39 is 0 Å². The van der Waals surface area contributed by atoms with Crippen molar-refractivity contribution in [2.75, 3.05) is 33.8 Å². The number of rotatable bonds is 18. The van der Waals surface area contributed by atoms with Crippen LogP contribution in [0.25, 0.3) is 0 Å². The Bertz CT molecular complexity index is 228. The molecule has 23 heavy (non-hydrogen) atoms. The van der Waals surface area contributed by atoms with Gasteiger partial charge in [-0.1, -0.05) is 84.0 Å². The van der Waals surface area contributed by atoms with E-state index in [2.05, 4.69) is 21.0 Å². The minimum atomic E-state index is 0.334. The highest BCUT2D eigenvalue weighted by molar-refractivity contribution is 4.49. The van der Waals surface area contributed by atoms with E-state index >= 15 is 0 Å². The van der Waals surface area contributed by atoms with E-state index in [-0.39, 0.29) is 0 Å². The van der Waals surface area contributed by atoms with Crippen LogP contribution in [-0.2, 0) is 0 Å². The molecule has 0 heterocycles. The van der Waals surface area contributed by atoms with Gasteiger partial charge in [-0.05, 0) is 12.8 Å². The van der Waals surface area contributed by atoms with Crippen molar-refractivity contribution in [1.82, 2.24) is 0 Å². The molecule has 2 heteroatoms. The molecule has 0 aliphatic heterocycles. The predicted molar refractivity (Wildman–Crippen MR) is 104 cm³/mol. The van der Waals surface area contributed by atoms with Crippen LogP contribution in [0.3, 0.4) is 0 Å². The second kappa shape index (κ2) is 16.8. The van der Waals surface area contributed by atoms with Crippen molar-refractivity contribution in [2.45, 2.75) is 103 Å². The third-order valence-electron chi connectivity index (χ3n) is 5.04. The molecule has 0 amide bonds. The zero-order valence-corrected chi connectivity index (χ0v) is 16.6. The molecule has 0 spiro atoms. The van der Waals surface area contributed by atoms with Crippen LogP contribution in [0.1, 0.15) is 103 Å². The van der Waals surface area contributed by atoms with E-state index in [0.29, 0.717) is 6.61 Å². The molecular weight excluding hydrogens is 282 g/mol. The number of nitrogens with zero attached hydrogens (tertiary/aromatic N) is 1. The van der Waals surface area contributed by atoms with Gasteiger partial charge in [-0.2, -0.15) is 0 Å². The minimum absolute atomic E-state index is 0.334. The molecule has 0 aromatic rings. The van der Waals surface area contributed by atoms with Gasteiger partial charge in [-0.15, -0.1) is 0 Å². The van der Waals surface area contributed by atoms with E-state index in [4.69, 9.17) is 5.11 Å². The van der Waals surface area contributed by atoms with Gasteiger partial charge in [0.15, 0.2) is 0 Å². The van der Waals surface area contributed by atoms with Crippen LogP contribution in [0.15, 0.2) is 0 Å². The summed E-state index contributed by atoms with van der Waals surface area (Å²) in [6.45, 7) is 4.99. The number of quaternary nitrogens is 1. The summed E-state index contributed by atoms with van der Waals surface area (Å²) in [4.78, 5) is 0. The summed E-state index contributed by atoms with van der Waals surface area (Å²) in [6.07, 6.45) is 20.9. The van der Waals surface area contributed by atoms with Gasteiger partial charge < -0.3 is 9.59 Å². The summed E-state index contributed by atoms with van der Waals surface area (Å²) in [6, 6.07) is 0. The minimum Gasteiger partial charge on any atom is -0.396 e. The highest BCUT2D eigenvalue weighted by Crippen LogP contribution is 2.13. The summed E-state index contributed by atoms with van der Waals surface area (Å²) in [5.74, 6) is 0. The highest BCUT2D eigenvalue weighted by atomic mass is 16.3. The SMILES string of the molecule is CCCCCCCCCCCCCCCC[N+](C)(C)CCCO. The summed E-state index contributed by atoms with van der Waals surface area (Å²) >= 11 is 0. The van der Waals surface area contributed by atoms with E-state index in [1.165, 1.54) is 96.4 Å². The lowest BCUT2D eigenvalue weighted by Crippen LogP contribution is -2.41. The van der Waals surface area contributed by atoms with Crippen molar-refractivity contribution in [3.8, 4) is 0 Å². The lowest BCUT2D eigenvalue weighted by atomic mass is 10.0. The average Bonchev–Trinajstić information content (AvgIpc) is 2.53. The van der Waals surface area contributed by atoms with Crippen LogP contribution in [-0.4, -0.2) is 43.4 Å². The van der Waals surface area contributed by atoms with Gasteiger partial charge in [0.1, 0.15) is 0 Å². The maximum Gasteiger partial charge on any atom is 0.0804 e. The molecule has 0 aromatic heterocycles. The zero-order chi connectivity index (χ0) is 17.2. The third-order valence-corrected chi connectivity index (χ3v) is 5.04. The first-order valence-corrected chi connectivity index (χ1v) is 10.6. The number of aliphatic hydroxyl groups is 1. The fourth-order valence-electron chi connectivity index (χ4n) is 3.34. The molecule has 2 nitrogen and oxygen atoms in total. The second-order valence-corrected chi connectivity index (χ2v) is 8.06. The summed E-state index contributed by atoms with van der Waals surface area (Å²) in [7, 11) is 4.58. The van der Waals surface area contributed by atoms with Crippen LogP contribution >= 0.6 is 0 Å². The molecule has 0 atom stereocenters. The maximum atomic E-state index is 8.91. The van der Waals surface area contributed by atoms with Gasteiger partial charge in [0.2, 0.25) is 0 Å². The Morgan fingerprint density at radius 2 is 0.870 bits per heavy atom. The maximum absolute atomic E-state index is 8.91. The standard InChI is InChI=1S/C21H46NO/c1-4-5-6-7-8-9-10-11-12-13-14-15-16-17-19-22(2,3)20-18-21-23/h23H,4-21H2,1-3H3/q+1. The Kier molecular flexibility index (Phi) is 16.7. The molecule has 0 unspecified atom stereocenters. The fourth-order valence-corrected chi connectivity index (χ4v) is 3.34. The van der Waals surface area contributed by atoms with Crippen molar-refractivity contribution in [3.63, 3.8) is 0 Å². The topological polar surface area (TPSA) is 20.2 Å². The number of hydrogen-bond acceptors (Lipinski definition) is 1. The first-order valence-electron chi connectivity index (χ1n) is 10.6. The number of aliphatic hydroxyl groups excluding tert-OH is 1. The monoisotopic (exact) mass is 328 g/mol.